The minimum atomic E-state index is -0.379. The summed E-state index contributed by atoms with van der Waals surface area (Å²) in [6, 6.07) is 20.6. The molecule has 0 unspecified atom stereocenters. The summed E-state index contributed by atoms with van der Waals surface area (Å²) >= 11 is 12.2. The lowest BCUT2D eigenvalue weighted by Crippen LogP contribution is -2.31. The third kappa shape index (κ3) is 4.46. The van der Waals surface area contributed by atoms with E-state index in [1.54, 1.807) is 5.01 Å². The molecule has 33 heavy (non-hydrogen) atoms. The number of fused-ring (bicyclic) bond motifs is 1. The number of rotatable bonds is 3. The molecule has 5 rings (SSSR count). The molecule has 0 saturated heterocycles. The maximum Gasteiger partial charge on any atom is 0.274 e. The molecule has 3 aromatic rings. The number of hydrogen-bond donors (Lipinski definition) is 0. The highest BCUT2D eigenvalue weighted by Crippen LogP contribution is 2.45. The number of hydrazone groups is 1. The Balaban J connectivity index is 1.57. The Kier molecular flexibility index (Phi) is 6.05. The molecule has 0 aromatic heterocycles. The van der Waals surface area contributed by atoms with Gasteiger partial charge in [-0.05, 0) is 90.6 Å². The first-order valence-corrected chi connectivity index (χ1v) is 11.6. The van der Waals surface area contributed by atoms with Crippen LogP contribution in [0.4, 0.5) is 4.39 Å². The van der Waals surface area contributed by atoms with Crippen molar-refractivity contribution in [3.05, 3.63) is 111 Å². The topological polar surface area (TPSA) is 32.7 Å². The molecule has 2 aliphatic rings. The first-order valence-electron chi connectivity index (χ1n) is 10.9. The fraction of sp³-hybridized carbons (Fsp3) is 0.185. The Bertz CT molecular complexity index is 1230. The van der Waals surface area contributed by atoms with Crippen LogP contribution in [-0.4, -0.2) is 16.6 Å². The van der Waals surface area contributed by atoms with E-state index < -0.39 is 0 Å². The van der Waals surface area contributed by atoms with Gasteiger partial charge in [0, 0.05) is 21.5 Å². The Morgan fingerprint density at radius 1 is 0.939 bits per heavy atom. The third-order valence-electron chi connectivity index (χ3n) is 6.22. The normalized spacial score (nSPS) is 21.1. The number of allylic oxidation sites excluding steroid dienone is 1. The van der Waals surface area contributed by atoms with Crippen LogP contribution in [0, 0.1) is 11.7 Å². The van der Waals surface area contributed by atoms with E-state index in [1.807, 2.05) is 48.5 Å². The van der Waals surface area contributed by atoms with Crippen LogP contribution in [-0.2, 0) is 0 Å². The van der Waals surface area contributed by atoms with Gasteiger partial charge >= 0.3 is 0 Å². The Morgan fingerprint density at radius 3 is 2.24 bits per heavy atom. The number of halogens is 3. The molecule has 1 aliphatic carbocycles. The van der Waals surface area contributed by atoms with Crippen LogP contribution in [0.1, 0.15) is 46.8 Å². The van der Waals surface area contributed by atoms with Crippen molar-refractivity contribution < 1.29 is 9.18 Å². The molecule has 0 spiro atoms. The highest BCUT2D eigenvalue weighted by molar-refractivity contribution is 6.30. The number of hydrogen-bond acceptors (Lipinski definition) is 2. The zero-order valence-electron chi connectivity index (χ0n) is 17.7. The first-order chi connectivity index (χ1) is 16.0. The van der Waals surface area contributed by atoms with E-state index in [2.05, 4.69) is 6.08 Å². The van der Waals surface area contributed by atoms with Gasteiger partial charge in [0.25, 0.3) is 5.91 Å². The van der Waals surface area contributed by atoms with Crippen LogP contribution in [0.25, 0.3) is 6.08 Å². The minimum absolute atomic E-state index is 0.0721. The lowest BCUT2D eigenvalue weighted by atomic mass is 9.77. The summed E-state index contributed by atoms with van der Waals surface area (Å²) < 4.78 is 13.5. The largest absolute Gasteiger partial charge is 0.274 e. The molecule has 1 saturated carbocycles. The molecule has 2 atom stereocenters. The van der Waals surface area contributed by atoms with Crippen LogP contribution in [0.5, 0.6) is 0 Å². The Morgan fingerprint density at radius 2 is 1.58 bits per heavy atom. The van der Waals surface area contributed by atoms with Gasteiger partial charge in [-0.15, -0.1) is 0 Å². The van der Waals surface area contributed by atoms with Crippen molar-refractivity contribution in [3.8, 4) is 0 Å². The van der Waals surface area contributed by atoms with Gasteiger partial charge in [0.15, 0.2) is 0 Å². The standard InChI is InChI=1S/C27H21Cl2FN2O/c28-21-10-4-17(5-11-21)16-20-2-1-3-24-25(20)31-32(26(24)18-6-12-22(29)13-7-18)27(33)19-8-14-23(30)15-9-19/h4-16,24,26H,1-3H2/b20-16-/t24-,26+/m1/s1. The number of amides is 1. The van der Waals surface area contributed by atoms with E-state index in [0.717, 1.165) is 41.7 Å². The summed E-state index contributed by atoms with van der Waals surface area (Å²) in [6.45, 7) is 0. The van der Waals surface area contributed by atoms with E-state index in [0.29, 0.717) is 15.6 Å². The van der Waals surface area contributed by atoms with Gasteiger partial charge < -0.3 is 0 Å². The van der Waals surface area contributed by atoms with Crippen molar-refractivity contribution in [1.29, 1.82) is 0 Å². The van der Waals surface area contributed by atoms with Crippen molar-refractivity contribution in [2.45, 2.75) is 25.3 Å². The molecule has 6 heteroatoms. The second-order valence-corrected chi connectivity index (χ2v) is 9.23. The third-order valence-corrected chi connectivity index (χ3v) is 6.73. The Hall–Kier alpha value is -2.95. The van der Waals surface area contributed by atoms with Crippen molar-refractivity contribution in [2.24, 2.45) is 11.0 Å². The van der Waals surface area contributed by atoms with E-state index in [-0.39, 0.29) is 23.7 Å². The summed E-state index contributed by atoms with van der Waals surface area (Å²) in [5, 5.41) is 7.76. The van der Waals surface area contributed by atoms with Crippen molar-refractivity contribution in [2.75, 3.05) is 0 Å². The SMILES string of the molecule is O=C(c1ccc(F)cc1)N1N=C2/C(=C\c3ccc(Cl)cc3)CCC[C@H]2[C@@H]1c1ccc(Cl)cc1. The zero-order chi connectivity index (χ0) is 22.9. The first kappa shape index (κ1) is 21.9. The highest BCUT2D eigenvalue weighted by atomic mass is 35.5. The quantitative estimate of drug-likeness (QED) is 0.381. The average molecular weight is 479 g/mol. The molecule has 0 N–H and O–H groups in total. The summed E-state index contributed by atoms with van der Waals surface area (Å²) in [5.74, 6) is -0.555. The molecule has 1 amide bonds. The van der Waals surface area contributed by atoms with Crippen LogP contribution in [0.3, 0.4) is 0 Å². The summed E-state index contributed by atoms with van der Waals surface area (Å²) in [5.41, 5.74) is 4.49. The number of nitrogens with zero attached hydrogens (tertiary/aromatic N) is 2. The van der Waals surface area contributed by atoms with Gasteiger partial charge in [-0.3, -0.25) is 4.79 Å². The molecule has 1 fully saturated rings. The number of carbonyl (C=O) groups excluding carboxylic acids is 1. The van der Waals surface area contributed by atoms with Gasteiger partial charge in [0.1, 0.15) is 5.82 Å². The summed E-state index contributed by atoms with van der Waals surface area (Å²) in [4.78, 5) is 13.5. The molecule has 166 valence electrons. The monoisotopic (exact) mass is 478 g/mol. The van der Waals surface area contributed by atoms with Gasteiger partial charge in [-0.25, -0.2) is 9.40 Å². The fourth-order valence-corrected chi connectivity index (χ4v) is 4.90. The van der Waals surface area contributed by atoms with Crippen LogP contribution >= 0.6 is 23.2 Å². The fourth-order valence-electron chi connectivity index (χ4n) is 4.65. The van der Waals surface area contributed by atoms with E-state index in [1.165, 1.54) is 24.3 Å². The van der Waals surface area contributed by atoms with Gasteiger partial charge in [-0.2, -0.15) is 5.10 Å². The maximum absolute atomic E-state index is 13.5. The molecular formula is C27H21Cl2FN2O. The summed E-state index contributed by atoms with van der Waals surface area (Å²) in [6.07, 6.45) is 4.96. The second-order valence-electron chi connectivity index (χ2n) is 8.36. The molecule has 3 nitrogen and oxygen atoms in total. The lowest BCUT2D eigenvalue weighted by Gasteiger charge is -2.29. The number of carbonyl (C=O) groups is 1. The smallest absolute Gasteiger partial charge is 0.267 e. The van der Waals surface area contributed by atoms with Gasteiger partial charge in [0.2, 0.25) is 0 Å². The van der Waals surface area contributed by atoms with Crippen LogP contribution in [0.15, 0.2) is 83.5 Å². The molecule has 0 radical (unpaired) electrons. The van der Waals surface area contributed by atoms with Crippen LogP contribution in [0.2, 0.25) is 10.0 Å². The maximum atomic E-state index is 13.5. The number of benzene rings is 3. The van der Waals surface area contributed by atoms with Gasteiger partial charge in [0.05, 0.1) is 11.8 Å². The van der Waals surface area contributed by atoms with Gasteiger partial charge in [-0.1, -0.05) is 47.5 Å². The molecular weight excluding hydrogens is 458 g/mol. The van der Waals surface area contributed by atoms with E-state index in [9.17, 15) is 9.18 Å². The lowest BCUT2D eigenvalue weighted by molar-refractivity contribution is 0.0681. The van der Waals surface area contributed by atoms with E-state index >= 15 is 0 Å². The zero-order valence-corrected chi connectivity index (χ0v) is 19.2. The van der Waals surface area contributed by atoms with Crippen molar-refractivity contribution in [1.82, 2.24) is 5.01 Å². The predicted molar refractivity (Wildman–Crippen MR) is 131 cm³/mol. The molecule has 1 heterocycles. The Labute approximate surface area is 202 Å². The molecule has 3 aromatic carbocycles. The average Bonchev–Trinajstić information content (AvgIpc) is 3.22. The second kappa shape index (κ2) is 9.12. The predicted octanol–water partition coefficient (Wildman–Crippen LogP) is 7.57. The van der Waals surface area contributed by atoms with Crippen LogP contribution < -0.4 is 0 Å². The minimum Gasteiger partial charge on any atom is -0.267 e. The molecule has 0 bridgehead atoms. The highest BCUT2D eigenvalue weighted by Gasteiger charge is 2.43. The summed E-state index contributed by atoms with van der Waals surface area (Å²) in [7, 11) is 0. The van der Waals surface area contributed by atoms with Crippen molar-refractivity contribution in [3.63, 3.8) is 0 Å². The molecule has 1 aliphatic heterocycles. The van der Waals surface area contributed by atoms with E-state index in [4.69, 9.17) is 28.3 Å². The van der Waals surface area contributed by atoms with Crippen molar-refractivity contribution >= 4 is 40.9 Å².